The molecule has 0 aromatic carbocycles. The SMILES string of the molecule is CCC=C(O)CN(C)CC. The van der Waals surface area contributed by atoms with Crippen molar-refractivity contribution in [2.45, 2.75) is 20.3 Å². The van der Waals surface area contributed by atoms with Gasteiger partial charge >= 0.3 is 0 Å². The van der Waals surface area contributed by atoms with Gasteiger partial charge in [0.15, 0.2) is 0 Å². The smallest absolute Gasteiger partial charge is 0.102 e. The van der Waals surface area contributed by atoms with Crippen molar-refractivity contribution in [2.24, 2.45) is 0 Å². The Bertz CT molecular complexity index is 110. The molecule has 0 amide bonds. The summed E-state index contributed by atoms with van der Waals surface area (Å²) in [6.07, 6.45) is 2.75. The number of aliphatic hydroxyl groups excluding tert-OH is 1. The highest BCUT2D eigenvalue weighted by molar-refractivity contribution is 4.92. The van der Waals surface area contributed by atoms with E-state index >= 15 is 0 Å². The molecule has 0 aromatic rings. The Labute approximate surface area is 63.2 Å². The van der Waals surface area contributed by atoms with Crippen LogP contribution in [0.1, 0.15) is 20.3 Å². The maximum absolute atomic E-state index is 9.17. The molecule has 0 rings (SSSR count). The molecule has 0 heterocycles. The molecule has 0 radical (unpaired) electrons. The van der Waals surface area contributed by atoms with Gasteiger partial charge < -0.3 is 5.11 Å². The Kier molecular flexibility index (Phi) is 5.03. The second-order valence-corrected chi connectivity index (χ2v) is 2.43. The topological polar surface area (TPSA) is 23.5 Å². The first kappa shape index (κ1) is 9.50. The highest BCUT2D eigenvalue weighted by Gasteiger charge is 1.95. The van der Waals surface area contributed by atoms with E-state index in [1.165, 1.54) is 0 Å². The number of aliphatic hydroxyl groups is 1. The average molecular weight is 143 g/mol. The van der Waals surface area contributed by atoms with Crippen molar-refractivity contribution in [2.75, 3.05) is 20.1 Å². The monoisotopic (exact) mass is 143 g/mol. The Balaban J connectivity index is 3.56. The zero-order chi connectivity index (χ0) is 7.98. The average Bonchev–Trinajstić information content (AvgIpc) is 1.88. The van der Waals surface area contributed by atoms with Gasteiger partial charge in [0.2, 0.25) is 0 Å². The molecule has 1 N–H and O–H groups in total. The van der Waals surface area contributed by atoms with Gasteiger partial charge in [-0.2, -0.15) is 0 Å². The van der Waals surface area contributed by atoms with Gasteiger partial charge in [0, 0.05) is 0 Å². The van der Waals surface area contributed by atoms with Crippen LogP contribution < -0.4 is 0 Å². The lowest BCUT2D eigenvalue weighted by atomic mass is 10.3. The lowest BCUT2D eigenvalue weighted by molar-refractivity contribution is 0.297. The van der Waals surface area contributed by atoms with E-state index in [9.17, 15) is 5.11 Å². The van der Waals surface area contributed by atoms with Gasteiger partial charge in [0.1, 0.15) is 5.76 Å². The fourth-order valence-electron chi connectivity index (χ4n) is 0.689. The minimum Gasteiger partial charge on any atom is -0.511 e. The van der Waals surface area contributed by atoms with Crippen LogP contribution in [0.5, 0.6) is 0 Å². The summed E-state index contributed by atoms with van der Waals surface area (Å²) in [7, 11) is 1.99. The van der Waals surface area contributed by atoms with Gasteiger partial charge in [-0.05, 0) is 26.1 Å². The first-order valence-electron chi connectivity index (χ1n) is 3.77. The highest BCUT2D eigenvalue weighted by Crippen LogP contribution is 1.93. The van der Waals surface area contributed by atoms with E-state index in [1.54, 1.807) is 0 Å². The summed E-state index contributed by atoms with van der Waals surface area (Å²) < 4.78 is 0. The van der Waals surface area contributed by atoms with Crippen LogP contribution in [-0.2, 0) is 0 Å². The lowest BCUT2D eigenvalue weighted by Crippen LogP contribution is -2.20. The molecule has 2 heteroatoms. The van der Waals surface area contributed by atoms with Crippen molar-refractivity contribution in [3.63, 3.8) is 0 Å². The molecule has 0 aliphatic carbocycles. The molecule has 0 spiro atoms. The molecule has 0 saturated heterocycles. The van der Waals surface area contributed by atoms with Crippen molar-refractivity contribution in [1.82, 2.24) is 4.90 Å². The van der Waals surface area contributed by atoms with Crippen LogP contribution in [0.2, 0.25) is 0 Å². The van der Waals surface area contributed by atoms with Crippen LogP contribution in [0.25, 0.3) is 0 Å². The van der Waals surface area contributed by atoms with E-state index in [1.807, 2.05) is 20.0 Å². The second-order valence-electron chi connectivity index (χ2n) is 2.43. The molecule has 0 aromatic heterocycles. The molecule has 0 unspecified atom stereocenters. The number of rotatable bonds is 4. The molecule has 2 nitrogen and oxygen atoms in total. The highest BCUT2D eigenvalue weighted by atomic mass is 16.3. The zero-order valence-electron chi connectivity index (χ0n) is 7.09. The van der Waals surface area contributed by atoms with Gasteiger partial charge in [-0.1, -0.05) is 13.8 Å². The fourth-order valence-corrected chi connectivity index (χ4v) is 0.689. The van der Waals surface area contributed by atoms with Crippen molar-refractivity contribution in [1.29, 1.82) is 0 Å². The van der Waals surface area contributed by atoms with E-state index in [4.69, 9.17) is 0 Å². The van der Waals surface area contributed by atoms with Crippen LogP contribution >= 0.6 is 0 Å². The lowest BCUT2D eigenvalue weighted by Gasteiger charge is -2.12. The van der Waals surface area contributed by atoms with E-state index in [2.05, 4.69) is 11.8 Å². The molecular formula is C8H17NO. The third-order valence-electron chi connectivity index (χ3n) is 1.41. The van der Waals surface area contributed by atoms with Crippen LogP contribution in [0.15, 0.2) is 11.8 Å². The largest absolute Gasteiger partial charge is 0.511 e. The van der Waals surface area contributed by atoms with Crippen LogP contribution in [0.4, 0.5) is 0 Å². The van der Waals surface area contributed by atoms with Crippen molar-refractivity contribution >= 4 is 0 Å². The molecule has 0 bridgehead atoms. The standard InChI is InChI=1S/C8H17NO/c1-4-6-8(10)7-9(3)5-2/h6,10H,4-5,7H2,1-3H3. The summed E-state index contributed by atoms with van der Waals surface area (Å²) in [5.41, 5.74) is 0. The van der Waals surface area contributed by atoms with Crippen molar-refractivity contribution in [3.8, 4) is 0 Å². The summed E-state index contributed by atoms with van der Waals surface area (Å²) in [5.74, 6) is 0.479. The Morgan fingerprint density at radius 3 is 2.50 bits per heavy atom. The maximum atomic E-state index is 9.17. The number of hydrogen-bond donors (Lipinski definition) is 1. The predicted molar refractivity (Wildman–Crippen MR) is 44.2 cm³/mol. The normalized spacial score (nSPS) is 12.6. The Morgan fingerprint density at radius 2 is 2.10 bits per heavy atom. The van der Waals surface area contributed by atoms with Gasteiger partial charge in [0.05, 0.1) is 6.54 Å². The molecule has 0 aliphatic heterocycles. The Hall–Kier alpha value is -0.500. The molecule has 60 valence electrons. The third kappa shape index (κ3) is 4.39. The maximum Gasteiger partial charge on any atom is 0.102 e. The number of hydrogen-bond acceptors (Lipinski definition) is 2. The molecule has 0 atom stereocenters. The minimum absolute atomic E-state index is 0.479. The third-order valence-corrected chi connectivity index (χ3v) is 1.41. The van der Waals surface area contributed by atoms with E-state index in [0.717, 1.165) is 13.0 Å². The van der Waals surface area contributed by atoms with Gasteiger partial charge in [-0.15, -0.1) is 0 Å². The summed E-state index contributed by atoms with van der Waals surface area (Å²) in [4.78, 5) is 2.06. The molecule has 10 heavy (non-hydrogen) atoms. The fraction of sp³-hybridized carbons (Fsp3) is 0.750. The minimum atomic E-state index is 0.479. The molecule has 0 aliphatic rings. The van der Waals surface area contributed by atoms with E-state index in [-0.39, 0.29) is 0 Å². The predicted octanol–water partition coefficient (Wildman–Crippen LogP) is 1.79. The van der Waals surface area contributed by atoms with Crippen LogP contribution in [-0.4, -0.2) is 30.1 Å². The first-order valence-corrected chi connectivity index (χ1v) is 3.77. The van der Waals surface area contributed by atoms with Gasteiger partial charge in [-0.3, -0.25) is 4.90 Å². The van der Waals surface area contributed by atoms with E-state index < -0.39 is 0 Å². The first-order chi connectivity index (χ1) is 4.70. The summed E-state index contributed by atoms with van der Waals surface area (Å²) in [5, 5.41) is 9.17. The number of allylic oxidation sites excluding steroid dienone is 1. The number of likely N-dealkylation sites (N-methyl/N-ethyl adjacent to an activating group) is 1. The van der Waals surface area contributed by atoms with Crippen molar-refractivity contribution < 1.29 is 5.11 Å². The van der Waals surface area contributed by atoms with E-state index in [0.29, 0.717) is 12.3 Å². The summed E-state index contributed by atoms with van der Waals surface area (Å²) >= 11 is 0. The Morgan fingerprint density at radius 1 is 1.50 bits per heavy atom. The van der Waals surface area contributed by atoms with Crippen LogP contribution in [0.3, 0.4) is 0 Å². The second kappa shape index (κ2) is 5.30. The van der Waals surface area contributed by atoms with Crippen LogP contribution in [0, 0.1) is 0 Å². The zero-order valence-corrected chi connectivity index (χ0v) is 7.09. The summed E-state index contributed by atoms with van der Waals surface area (Å²) in [6.45, 7) is 5.73. The van der Waals surface area contributed by atoms with Gasteiger partial charge in [-0.25, -0.2) is 0 Å². The quantitative estimate of drug-likeness (QED) is 0.606. The molecule has 0 fully saturated rings. The number of nitrogens with zero attached hydrogens (tertiary/aromatic N) is 1. The molecule has 0 saturated carbocycles. The molecular weight excluding hydrogens is 126 g/mol. The van der Waals surface area contributed by atoms with Crippen molar-refractivity contribution in [3.05, 3.63) is 11.8 Å². The van der Waals surface area contributed by atoms with Gasteiger partial charge in [0.25, 0.3) is 0 Å². The summed E-state index contributed by atoms with van der Waals surface area (Å²) in [6, 6.07) is 0.